The monoisotopic (exact) mass is 436 g/mol. The van der Waals surface area contributed by atoms with Gasteiger partial charge in [-0.2, -0.15) is 0 Å². The van der Waals surface area contributed by atoms with Crippen LogP contribution in [0.25, 0.3) is 11.5 Å². The zero-order valence-electron chi connectivity index (χ0n) is 18.9. The molecule has 1 aromatic carbocycles. The van der Waals surface area contributed by atoms with E-state index in [9.17, 15) is 0 Å². The van der Waals surface area contributed by atoms with Gasteiger partial charge in [0.15, 0.2) is 5.82 Å². The molecule has 0 N–H and O–H groups in total. The van der Waals surface area contributed by atoms with Crippen LogP contribution in [0, 0.1) is 0 Å². The Morgan fingerprint density at radius 3 is 2.42 bits per heavy atom. The van der Waals surface area contributed by atoms with Crippen LogP contribution < -0.4 is 4.90 Å². The summed E-state index contributed by atoms with van der Waals surface area (Å²) in [6.45, 7) is 3.59. The van der Waals surface area contributed by atoms with Gasteiger partial charge in [0.25, 0.3) is 0 Å². The molecule has 0 bridgehead atoms. The first-order chi connectivity index (χ1) is 16.3. The van der Waals surface area contributed by atoms with Crippen molar-refractivity contribution in [3.8, 4) is 11.5 Å². The minimum atomic E-state index is 0.700. The summed E-state index contributed by atoms with van der Waals surface area (Å²) in [7, 11) is 2.11. The number of nitrogens with zero attached hydrogens (tertiary/aromatic N) is 6. The van der Waals surface area contributed by atoms with Gasteiger partial charge >= 0.3 is 0 Å². The second kappa shape index (κ2) is 9.88. The molecule has 0 spiro atoms. The highest BCUT2D eigenvalue weighted by Gasteiger charge is 2.25. The molecule has 5 rings (SSSR count). The van der Waals surface area contributed by atoms with Gasteiger partial charge in [-0.25, -0.2) is 9.97 Å². The summed E-state index contributed by atoms with van der Waals surface area (Å²) in [4.78, 5) is 23.7. The largest absolute Gasteiger partial charge is 0.359 e. The lowest BCUT2D eigenvalue weighted by Gasteiger charge is -2.32. The molecule has 33 heavy (non-hydrogen) atoms. The van der Waals surface area contributed by atoms with Crippen molar-refractivity contribution in [2.45, 2.75) is 25.9 Å². The average molecular weight is 437 g/mol. The van der Waals surface area contributed by atoms with E-state index >= 15 is 0 Å². The predicted octanol–water partition coefficient (Wildman–Crippen LogP) is 4.17. The number of fused-ring (bicyclic) bond motifs is 1. The Bertz CT molecular complexity index is 1180. The van der Waals surface area contributed by atoms with Gasteiger partial charge in [-0.05, 0) is 29.8 Å². The van der Waals surface area contributed by atoms with Crippen LogP contribution in [-0.4, -0.2) is 45.0 Å². The van der Waals surface area contributed by atoms with Crippen molar-refractivity contribution in [2.24, 2.45) is 0 Å². The molecule has 0 aliphatic carbocycles. The molecule has 0 atom stereocenters. The zero-order chi connectivity index (χ0) is 22.5. The summed E-state index contributed by atoms with van der Waals surface area (Å²) in [6, 6.07) is 22.6. The molecule has 4 heterocycles. The van der Waals surface area contributed by atoms with Gasteiger partial charge in [-0.15, -0.1) is 0 Å². The van der Waals surface area contributed by atoms with Gasteiger partial charge < -0.3 is 4.90 Å². The highest BCUT2D eigenvalue weighted by molar-refractivity contribution is 5.58. The van der Waals surface area contributed by atoms with E-state index < -0.39 is 0 Å². The Kier molecular flexibility index (Phi) is 6.35. The summed E-state index contributed by atoms with van der Waals surface area (Å²) in [5, 5.41) is 0. The first kappa shape index (κ1) is 21.2. The fourth-order valence-corrected chi connectivity index (χ4v) is 4.29. The quantitative estimate of drug-likeness (QED) is 0.433. The molecule has 6 nitrogen and oxygen atoms in total. The van der Waals surface area contributed by atoms with Crippen molar-refractivity contribution in [3.63, 3.8) is 0 Å². The number of rotatable bonds is 7. The van der Waals surface area contributed by atoms with Crippen molar-refractivity contribution >= 4 is 5.82 Å². The van der Waals surface area contributed by atoms with E-state index in [0.717, 1.165) is 61.9 Å². The third-order valence-electron chi connectivity index (χ3n) is 6.05. The summed E-state index contributed by atoms with van der Waals surface area (Å²) >= 11 is 0. The van der Waals surface area contributed by atoms with Crippen molar-refractivity contribution in [1.82, 2.24) is 24.8 Å². The molecular weight excluding hydrogens is 408 g/mol. The molecule has 3 aromatic heterocycles. The van der Waals surface area contributed by atoms with Crippen LogP contribution in [-0.2, 0) is 25.9 Å². The number of aromatic nitrogens is 4. The van der Waals surface area contributed by atoms with Crippen LogP contribution in [0.3, 0.4) is 0 Å². The smallest absolute Gasteiger partial charge is 0.180 e. The first-order valence-electron chi connectivity index (χ1n) is 11.4. The maximum absolute atomic E-state index is 5.02. The number of benzene rings is 1. The fourth-order valence-electron chi connectivity index (χ4n) is 4.29. The Labute approximate surface area is 195 Å². The highest BCUT2D eigenvalue weighted by Crippen LogP contribution is 2.29. The summed E-state index contributed by atoms with van der Waals surface area (Å²) in [5.74, 6) is 1.69. The van der Waals surface area contributed by atoms with E-state index in [-0.39, 0.29) is 0 Å². The van der Waals surface area contributed by atoms with Gasteiger partial charge in [-0.1, -0.05) is 42.5 Å². The minimum absolute atomic E-state index is 0.700. The molecule has 4 aromatic rings. The molecular formula is C27H28N6. The number of hydrogen-bond donors (Lipinski definition) is 0. The lowest BCUT2D eigenvalue weighted by molar-refractivity contribution is 0.243. The second-order valence-corrected chi connectivity index (χ2v) is 8.45. The van der Waals surface area contributed by atoms with E-state index in [0.29, 0.717) is 5.82 Å². The van der Waals surface area contributed by atoms with E-state index in [2.05, 4.69) is 63.2 Å². The molecule has 0 amide bonds. The topological polar surface area (TPSA) is 58.0 Å². The van der Waals surface area contributed by atoms with Crippen molar-refractivity contribution in [3.05, 3.63) is 102 Å². The van der Waals surface area contributed by atoms with Crippen LogP contribution in [0.15, 0.2) is 79.1 Å². The fraction of sp³-hybridized carbons (Fsp3) is 0.259. The summed E-state index contributed by atoms with van der Waals surface area (Å²) in [6.07, 6.45) is 5.42. The molecule has 0 radical (unpaired) electrons. The minimum Gasteiger partial charge on any atom is -0.359 e. The van der Waals surface area contributed by atoms with Gasteiger partial charge in [0, 0.05) is 69.7 Å². The first-order valence-corrected chi connectivity index (χ1v) is 11.4. The maximum atomic E-state index is 5.02. The van der Waals surface area contributed by atoms with E-state index in [1.807, 2.05) is 36.5 Å². The van der Waals surface area contributed by atoms with Crippen LogP contribution >= 0.6 is 0 Å². The molecule has 166 valence electrons. The molecule has 0 saturated carbocycles. The lowest BCUT2D eigenvalue weighted by atomic mass is 10.0. The Hall–Kier alpha value is -3.64. The second-order valence-electron chi connectivity index (χ2n) is 8.45. The molecule has 0 unspecified atom stereocenters. The van der Waals surface area contributed by atoms with E-state index in [1.54, 1.807) is 6.20 Å². The van der Waals surface area contributed by atoms with Crippen LogP contribution in [0.5, 0.6) is 0 Å². The molecule has 0 saturated heterocycles. The number of anilines is 1. The average Bonchev–Trinajstić information content (AvgIpc) is 2.88. The summed E-state index contributed by atoms with van der Waals surface area (Å²) < 4.78 is 0. The maximum Gasteiger partial charge on any atom is 0.180 e. The number of pyridine rings is 2. The zero-order valence-corrected chi connectivity index (χ0v) is 18.9. The molecule has 1 aliphatic rings. The van der Waals surface area contributed by atoms with E-state index in [4.69, 9.17) is 9.97 Å². The van der Waals surface area contributed by atoms with Crippen molar-refractivity contribution < 1.29 is 0 Å². The Balaban J connectivity index is 1.44. The third kappa shape index (κ3) is 5.07. The van der Waals surface area contributed by atoms with Crippen LogP contribution in [0.1, 0.15) is 22.5 Å². The Morgan fingerprint density at radius 2 is 1.67 bits per heavy atom. The standard InChI is InChI=1S/C27H28N6/c1-32(17-13-22-11-5-7-15-28-22)27-23-20-33(19-21-9-3-2-4-10-21)18-14-24(23)30-26(31-27)25-12-6-8-16-29-25/h2-12,15-16H,13-14,17-20H2,1H3. The lowest BCUT2D eigenvalue weighted by Crippen LogP contribution is -2.34. The van der Waals surface area contributed by atoms with Gasteiger partial charge in [0.2, 0.25) is 0 Å². The number of hydrogen-bond acceptors (Lipinski definition) is 6. The van der Waals surface area contributed by atoms with Crippen LogP contribution in [0.4, 0.5) is 5.82 Å². The number of likely N-dealkylation sites (N-methyl/N-ethyl adjacent to an activating group) is 1. The molecule has 0 fully saturated rings. The van der Waals surface area contributed by atoms with Crippen molar-refractivity contribution in [2.75, 3.05) is 25.0 Å². The van der Waals surface area contributed by atoms with Gasteiger partial charge in [0.05, 0.1) is 5.69 Å². The molecule has 6 heteroatoms. The van der Waals surface area contributed by atoms with Gasteiger partial charge in [-0.3, -0.25) is 14.9 Å². The predicted molar refractivity (Wildman–Crippen MR) is 131 cm³/mol. The summed E-state index contributed by atoms with van der Waals surface area (Å²) in [5.41, 5.74) is 5.58. The Morgan fingerprint density at radius 1 is 0.879 bits per heavy atom. The van der Waals surface area contributed by atoms with E-state index in [1.165, 1.54) is 11.1 Å². The third-order valence-corrected chi connectivity index (χ3v) is 6.05. The molecule has 1 aliphatic heterocycles. The van der Waals surface area contributed by atoms with Crippen molar-refractivity contribution in [1.29, 1.82) is 0 Å². The van der Waals surface area contributed by atoms with Gasteiger partial charge in [0.1, 0.15) is 11.5 Å². The SMILES string of the molecule is CN(CCc1ccccn1)c1nc(-c2ccccn2)nc2c1CN(Cc1ccccc1)CC2. The van der Waals surface area contributed by atoms with Crippen LogP contribution in [0.2, 0.25) is 0 Å². The highest BCUT2D eigenvalue weighted by atomic mass is 15.2. The normalized spacial score (nSPS) is 13.5.